The summed E-state index contributed by atoms with van der Waals surface area (Å²) in [4.78, 5) is 5.42. The summed E-state index contributed by atoms with van der Waals surface area (Å²) in [6.45, 7) is 0. The van der Waals surface area contributed by atoms with Gasteiger partial charge in [-0.05, 0) is 17.7 Å². The van der Waals surface area contributed by atoms with Crippen molar-refractivity contribution in [3.8, 4) is 5.75 Å². The Bertz CT molecular complexity index is 644. The van der Waals surface area contributed by atoms with Gasteiger partial charge in [-0.15, -0.1) is 11.3 Å². The standard InChI is InChI=1S/C14H14N2O2S/c1-18-12-4-2-10(3-5-12)13(17)8-11-9-16-6-7-19-14(16)15-11/h2-7,9,13,17H,8H2,1H3. The van der Waals surface area contributed by atoms with Gasteiger partial charge < -0.3 is 9.84 Å². The molecule has 3 aromatic rings. The minimum absolute atomic E-state index is 0.515. The van der Waals surface area contributed by atoms with Gasteiger partial charge in [0, 0.05) is 24.2 Å². The normalized spacial score (nSPS) is 12.7. The summed E-state index contributed by atoms with van der Waals surface area (Å²) in [6.07, 6.45) is 3.89. The van der Waals surface area contributed by atoms with Crippen molar-refractivity contribution < 1.29 is 9.84 Å². The van der Waals surface area contributed by atoms with E-state index < -0.39 is 6.10 Å². The Hall–Kier alpha value is -1.85. The van der Waals surface area contributed by atoms with Crippen LogP contribution in [0.2, 0.25) is 0 Å². The van der Waals surface area contributed by atoms with Crippen molar-refractivity contribution in [1.29, 1.82) is 0 Å². The topological polar surface area (TPSA) is 46.8 Å². The van der Waals surface area contributed by atoms with Crippen molar-refractivity contribution in [2.24, 2.45) is 0 Å². The number of benzene rings is 1. The number of rotatable bonds is 4. The van der Waals surface area contributed by atoms with Gasteiger partial charge in [-0.1, -0.05) is 12.1 Å². The fraction of sp³-hybridized carbons (Fsp3) is 0.214. The van der Waals surface area contributed by atoms with Crippen LogP contribution in [0.5, 0.6) is 5.75 Å². The molecule has 0 aliphatic heterocycles. The summed E-state index contributed by atoms with van der Waals surface area (Å²) in [5.41, 5.74) is 1.77. The predicted octanol–water partition coefficient (Wildman–Crippen LogP) is 2.68. The molecule has 0 spiro atoms. The first-order chi connectivity index (χ1) is 9.26. The molecule has 3 rings (SSSR count). The van der Waals surface area contributed by atoms with Gasteiger partial charge in [0.1, 0.15) is 5.75 Å². The van der Waals surface area contributed by atoms with E-state index in [0.29, 0.717) is 6.42 Å². The number of aromatic nitrogens is 2. The molecule has 5 heteroatoms. The number of imidazole rings is 1. The van der Waals surface area contributed by atoms with Crippen molar-refractivity contribution >= 4 is 16.3 Å². The molecule has 1 unspecified atom stereocenters. The first-order valence-corrected chi connectivity index (χ1v) is 6.87. The largest absolute Gasteiger partial charge is 0.497 e. The second-order valence-electron chi connectivity index (χ2n) is 4.32. The summed E-state index contributed by atoms with van der Waals surface area (Å²) in [5, 5.41) is 12.2. The van der Waals surface area contributed by atoms with Crippen molar-refractivity contribution in [3.05, 3.63) is 53.3 Å². The van der Waals surface area contributed by atoms with E-state index in [9.17, 15) is 5.11 Å². The quantitative estimate of drug-likeness (QED) is 0.795. The van der Waals surface area contributed by atoms with E-state index in [-0.39, 0.29) is 0 Å². The van der Waals surface area contributed by atoms with Gasteiger partial charge in [-0.3, -0.25) is 4.40 Å². The van der Waals surface area contributed by atoms with Crippen LogP contribution in [0.4, 0.5) is 0 Å². The van der Waals surface area contributed by atoms with Gasteiger partial charge in [0.15, 0.2) is 4.96 Å². The minimum Gasteiger partial charge on any atom is -0.497 e. The highest BCUT2D eigenvalue weighted by atomic mass is 32.1. The highest BCUT2D eigenvalue weighted by Gasteiger charge is 2.11. The number of fused-ring (bicyclic) bond motifs is 1. The first kappa shape index (κ1) is 12.2. The number of aliphatic hydroxyl groups excluding tert-OH is 1. The first-order valence-electron chi connectivity index (χ1n) is 5.99. The SMILES string of the molecule is COc1ccc(C(O)Cc2cn3ccsc3n2)cc1. The van der Waals surface area contributed by atoms with E-state index in [1.165, 1.54) is 0 Å². The summed E-state index contributed by atoms with van der Waals surface area (Å²) >= 11 is 1.59. The number of ether oxygens (including phenoxy) is 1. The zero-order valence-corrected chi connectivity index (χ0v) is 11.3. The highest BCUT2D eigenvalue weighted by Crippen LogP contribution is 2.21. The van der Waals surface area contributed by atoms with Crippen LogP contribution in [0.25, 0.3) is 4.96 Å². The number of hydrogen-bond acceptors (Lipinski definition) is 4. The molecule has 0 saturated heterocycles. The van der Waals surface area contributed by atoms with Crippen LogP contribution in [0, 0.1) is 0 Å². The summed E-state index contributed by atoms with van der Waals surface area (Å²) < 4.78 is 7.07. The van der Waals surface area contributed by atoms with Crippen LogP contribution in [-0.4, -0.2) is 21.6 Å². The number of methoxy groups -OCH3 is 1. The third kappa shape index (κ3) is 2.47. The third-order valence-corrected chi connectivity index (χ3v) is 3.82. The molecule has 2 heterocycles. The minimum atomic E-state index is -0.546. The molecule has 0 fully saturated rings. The summed E-state index contributed by atoms with van der Waals surface area (Å²) in [5.74, 6) is 0.790. The molecule has 1 aromatic carbocycles. The highest BCUT2D eigenvalue weighted by molar-refractivity contribution is 7.15. The van der Waals surface area contributed by atoms with Crippen LogP contribution in [-0.2, 0) is 6.42 Å². The maximum atomic E-state index is 10.2. The maximum Gasteiger partial charge on any atom is 0.193 e. The molecule has 1 N–H and O–H groups in total. The Labute approximate surface area is 114 Å². The Morgan fingerprint density at radius 1 is 1.37 bits per heavy atom. The van der Waals surface area contributed by atoms with Gasteiger partial charge in [0.05, 0.1) is 18.9 Å². The lowest BCUT2D eigenvalue weighted by molar-refractivity contribution is 0.177. The molecule has 98 valence electrons. The molecule has 0 amide bonds. The molecule has 0 bridgehead atoms. The van der Waals surface area contributed by atoms with Crippen molar-refractivity contribution in [1.82, 2.24) is 9.38 Å². The lowest BCUT2D eigenvalue weighted by Crippen LogP contribution is -2.02. The van der Waals surface area contributed by atoms with E-state index in [4.69, 9.17) is 4.74 Å². The number of thiazole rings is 1. The van der Waals surface area contributed by atoms with E-state index in [1.807, 2.05) is 46.4 Å². The zero-order valence-electron chi connectivity index (χ0n) is 10.5. The fourth-order valence-corrected chi connectivity index (χ4v) is 2.74. The van der Waals surface area contributed by atoms with E-state index >= 15 is 0 Å². The van der Waals surface area contributed by atoms with Crippen LogP contribution < -0.4 is 4.74 Å². The Morgan fingerprint density at radius 2 is 2.16 bits per heavy atom. The second-order valence-corrected chi connectivity index (χ2v) is 5.19. The Balaban J connectivity index is 1.76. The number of hydrogen-bond donors (Lipinski definition) is 1. The van der Waals surface area contributed by atoms with Crippen LogP contribution >= 0.6 is 11.3 Å². The third-order valence-electron chi connectivity index (χ3n) is 3.05. The molecule has 0 saturated carbocycles. The fourth-order valence-electron chi connectivity index (χ4n) is 2.02. The molecule has 4 nitrogen and oxygen atoms in total. The monoisotopic (exact) mass is 274 g/mol. The summed E-state index contributed by atoms with van der Waals surface area (Å²) in [6, 6.07) is 7.46. The molecule has 2 aromatic heterocycles. The predicted molar refractivity (Wildman–Crippen MR) is 74.7 cm³/mol. The van der Waals surface area contributed by atoms with Gasteiger partial charge in [0.2, 0.25) is 0 Å². The molecule has 1 atom stereocenters. The lowest BCUT2D eigenvalue weighted by atomic mass is 10.1. The number of aliphatic hydroxyl groups is 1. The van der Waals surface area contributed by atoms with E-state index in [2.05, 4.69) is 4.98 Å². The van der Waals surface area contributed by atoms with Crippen molar-refractivity contribution in [3.63, 3.8) is 0 Å². The zero-order chi connectivity index (χ0) is 13.2. The Kier molecular flexibility index (Phi) is 3.23. The van der Waals surface area contributed by atoms with Gasteiger partial charge in [-0.25, -0.2) is 4.98 Å². The van der Waals surface area contributed by atoms with Gasteiger partial charge >= 0.3 is 0 Å². The number of nitrogens with zero attached hydrogens (tertiary/aromatic N) is 2. The average molecular weight is 274 g/mol. The van der Waals surface area contributed by atoms with Gasteiger partial charge in [0.25, 0.3) is 0 Å². The molecular formula is C14H14N2O2S. The van der Waals surface area contributed by atoms with Gasteiger partial charge in [-0.2, -0.15) is 0 Å². The Morgan fingerprint density at radius 3 is 2.84 bits per heavy atom. The van der Waals surface area contributed by atoms with E-state index in [0.717, 1.165) is 22.0 Å². The maximum absolute atomic E-state index is 10.2. The molecule has 0 aliphatic rings. The molecular weight excluding hydrogens is 260 g/mol. The molecule has 0 radical (unpaired) electrons. The van der Waals surface area contributed by atoms with Crippen LogP contribution in [0.3, 0.4) is 0 Å². The smallest absolute Gasteiger partial charge is 0.193 e. The van der Waals surface area contributed by atoms with E-state index in [1.54, 1.807) is 18.4 Å². The summed E-state index contributed by atoms with van der Waals surface area (Å²) in [7, 11) is 1.63. The molecule has 19 heavy (non-hydrogen) atoms. The van der Waals surface area contributed by atoms with Crippen molar-refractivity contribution in [2.45, 2.75) is 12.5 Å². The van der Waals surface area contributed by atoms with Crippen LogP contribution in [0.1, 0.15) is 17.4 Å². The second kappa shape index (κ2) is 5.03. The molecule has 0 aliphatic carbocycles. The lowest BCUT2D eigenvalue weighted by Gasteiger charge is -2.09. The average Bonchev–Trinajstić information content (AvgIpc) is 2.99. The van der Waals surface area contributed by atoms with Crippen LogP contribution in [0.15, 0.2) is 42.0 Å². The van der Waals surface area contributed by atoms with Crippen molar-refractivity contribution in [2.75, 3.05) is 7.11 Å².